The van der Waals surface area contributed by atoms with E-state index in [9.17, 15) is 4.79 Å². The summed E-state index contributed by atoms with van der Waals surface area (Å²) in [5, 5.41) is 11.5. The summed E-state index contributed by atoms with van der Waals surface area (Å²) in [7, 11) is 0. The molecule has 0 saturated heterocycles. The lowest BCUT2D eigenvalue weighted by Gasteiger charge is -2.24. The number of imidazole rings is 1. The Hall–Kier alpha value is -1.44. The second kappa shape index (κ2) is 5.06. The number of nitrogens with zero attached hydrogens (tertiary/aromatic N) is 1. The van der Waals surface area contributed by atoms with Crippen LogP contribution in [0.5, 0.6) is 0 Å². The smallest absolute Gasteiger partial charge is 0.321 e. The number of aromatic nitrogens is 2. The fourth-order valence-corrected chi connectivity index (χ4v) is 1.24. The van der Waals surface area contributed by atoms with Gasteiger partial charge in [0.1, 0.15) is 6.04 Å². The molecule has 0 aliphatic rings. The molecule has 1 heterocycles. The molecule has 7 heteroatoms. The minimum Gasteiger partial charge on any atom is -0.480 e. The molecule has 0 aliphatic heterocycles. The van der Waals surface area contributed by atoms with Gasteiger partial charge in [-0.1, -0.05) is 0 Å². The molecule has 0 aliphatic carbocycles. The maximum atomic E-state index is 10.5. The van der Waals surface area contributed by atoms with E-state index in [0.717, 1.165) is 5.69 Å². The van der Waals surface area contributed by atoms with Crippen molar-refractivity contribution in [3.63, 3.8) is 0 Å². The van der Waals surface area contributed by atoms with Gasteiger partial charge in [0.15, 0.2) is 0 Å². The second-order valence-corrected chi connectivity index (χ2v) is 3.96. The number of hydrogen-bond acceptors (Lipinski definition) is 5. The molecule has 0 bridgehead atoms. The minimum atomic E-state index is -1.03. The first-order valence-electron chi connectivity index (χ1n) is 4.90. The van der Waals surface area contributed by atoms with E-state index < -0.39 is 17.6 Å². The minimum absolute atomic E-state index is 0.177. The maximum absolute atomic E-state index is 10.5. The Morgan fingerprint density at radius 3 is 3.00 bits per heavy atom. The average Bonchev–Trinajstić information content (AvgIpc) is 2.70. The highest BCUT2D eigenvalue weighted by Gasteiger charge is 2.23. The van der Waals surface area contributed by atoms with Crippen LogP contribution in [-0.4, -0.2) is 40.2 Å². The van der Waals surface area contributed by atoms with Crippen LogP contribution in [0.25, 0.3) is 0 Å². The van der Waals surface area contributed by atoms with Crippen molar-refractivity contribution in [2.75, 3.05) is 13.1 Å². The highest BCUT2D eigenvalue weighted by atomic mass is 16.4. The number of nitrogens with one attached hydrogen (secondary N) is 2. The molecule has 0 radical (unpaired) electrons. The number of carbonyl (C=O) groups is 1. The third kappa shape index (κ3) is 3.30. The number of nitrogens with two attached hydrogens (primary N) is 2. The van der Waals surface area contributed by atoms with Gasteiger partial charge >= 0.3 is 5.97 Å². The van der Waals surface area contributed by atoms with Crippen molar-refractivity contribution >= 4 is 5.97 Å². The summed E-state index contributed by atoms with van der Waals surface area (Å²) in [5.41, 5.74) is 11.5. The Morgan fingerprint density at radius 1 is 1.81 bits per heavy atom. The quantitative estimate of drug-likeness (QED) is 0.405. The van der Waals surface area contributed by atoms with Crippen molar-refractivity contribution in [1.29, 1.82) is 0 Å². The largest absolute Gasteiger partial charge is 0.480 e. The van der Waals surface area contributed by atoms with Gasteiger partial charge in [-0.2, -0.15) is 0 Å². The molecule has 2 atom stereocenters. The molecule has 90 valence electrons. The number of aliphatic carboxylic acids is 1. The van der Waals surface area contributed by atoms with Gasteiger partial charge in [0, 0.05) is 19.3 Å². The zero-order chi connectivity index (χ0) is 12.2. The maximum Gasteiger partial charge on any atom is 0.321 e. The third-order valence-corrected chi connectivity index (χ3v) is 2.29. The Bertz CT molecular complexity index is 336. The predicted molar refractivity (Wildman–Crippen MR) is 58.6 cm³/mol. The van der Waals surface area contributed by atoms with E-state index in [2.05, 4.69) is 15.3 Å². The van der Waals surface area contributed by atoms with Crippen molar-refractivity contribution in [3.8, 4) is 0 Å². The number of hydrogen-bond donors (Lipinski definition) is 5. The van der Waals surface area contributed by atoms with E-state index in [4.69, 9.17) is 16.6 Å². The molecule has 1 rings (SSSR count). The molecule has 0 amide bonds. The molecular weight excluding hydrogens is 210 g/mol. The molecule has 1 aromatic heterocycles. The second-order valence-electron chi connectivity index (χ2n) is 3.96. The van der Waals surface area contributed by atoms with Gasteiger partial charge in [-0.05, 0) is 6.92 Å². The monoisotopic (exact) mass is 227 g/mol. The molecule has 7 N–H and O–H groups in total. The van der Waals surface area contributed by atoms with Crippen LogP contribution in [0.3, 0.4) is 0 Å². The van der Waals surface area contributed by atoms with Gasteiger partial charge in [-0.15, -0.1) is 0 Å². The molecule has 7 nitrogen and oxygen atoms in total. The lowest BCUT2D eigenvalue weighted by Crippen LogP contribution is -2.48. The summed E-state index contributed by atoms with van der Waals surface area (Å²) in [4.78, 5) is 17.3. The van der Waals surface area contributed by atoms with Gasteiger partial charge < -0.3 is 26.9 Å². The predicted octanol–water partition coefficient (Wildman–Crippen LogP) is -1.41. The number of H-pyrrole nitrogens is 1. The first-order valence-corrected chi connectivity index (χ1v) is 4.90. The molecule has 0 saturated carbocycles. The first kappa shape index (κ1) is 12.6. The van der Waals surface area contributed by atoms with Gasteiger partial charge in [-0.3, -0.25) is 4.79 Å². The Labute approximate surface area is 93.2 Å². The van der Waals surface area contributed by atoms with E-state index in [1.165, 1.54) is 0 Å². The highest BCUT2D eigenvalue weighted by Crippen LogP contribution is 2.12. The van der Waals surface area contributed by atoms with E-state index in [1.807, 2.05) is 6.92 Å². The summed E-state index contributed by atoms with van der Waals surface area (Å²) in [5.74, 6) is -1.03. The van der Waals surface area contributed by atoms with Gasteiger partial charge in [0.2, 0.25) is 0 Å². The van der Waals surface area contributed by atoms with Crippen LogP contribution in [0, 0.1) is 0 Å². The Morgan fingerprint density at radius 2 is 2.50 bits per heavy atom. The van der Waals surface area contributed by atoms with E-state index >= 15 is 0 Å². The van der Waals surface area contributed by atoms with Crippen LogP contribution in [0.2, 0.25) is 0 Å². The third-order valence-electron chi connectivity index (χ3n) is 2.29. The van der Waals surface area contributed by atoms with Gasteiger partial charge in [0.25, 0.3) is 0 Å². The standard InChI is InChI=1S/C9H17N5O2/c1-9(11,7-3-13-5-14-7)4-12-2-6(10)8(15)16/h3,5-6,12H,2,4,10-11H2,1H3,(H,13,14)(H,15,16)/t6-,9-/m0/s1. The molecule has 0 fully saturated rings. The summed E-state index contributed by atoms with van der Waals surface area (Å²) >= 11 is 0. The van der Waals surface area contributed by atoms with E-state index in [-0.39, 0.29) is 6.54 Å². The van der Waals surface area contributed by atoms with Crippen LogP contribution in [0.4, 0.5) is 0 Å². The normalized spacial score (nSPS) is 16.7. The zero-order valence-corrected chi connectivity index (χ0v) is 9.10. The van der Waals surface area contributed by atoms with Gasteiger partial charge in [-0.25, -0.2) is 4.98 Å². The summed E-state index contributed by atoms with van der Waals surface area (Å²) in [6, 6.07) is -0.919. The molecule has 0 unspecified atom stereocenters. The number of aromatic amines is 1. The van der Waals surface area contributed by atoms with Crippen molar-refractivity contribution in [1.82, 2.24) is 15.3 Å². The lowest BCUT2D eigenvalue weighted by atomic mass is 10.0. The first-order chi connectivity index (χ1) is 7.43. The van der Waals surface area contributed by atoms with Crippen LogP contribution >= 0.6 is 0 Å². The number of carboxylic acids is 1. The van der Waals surface area contributed by atoms with Crippen molar-refractivity contribution in [2.24, 2.45) is 11.5 Å². The van der Waals surface area contributed by atoms with Crippen LogP contribution in [0.15, 0.2) is 12.5 Å². The van der Waals surface area contributed by atoms with Crippen molar-refractivity contribution in [2.45, 2.75) is 18.5 Å². The fraction of sp³-hybridized carbons (Fsp3) is 0.556. The molecular formula is C9H17N5O2. The molecule has 0 spiro atoms. The topological polar surface area (TPSA) is 130 Å². The van der Waals surface area contributed by atoms with Crippen LogP contribution in [-0.2, 0) is 10.3 Å². The Kier molecular flexibility index (Phi) is 3.99. The average molecular weight is 227 g/mol. The van der Waals surface area contributed by atoms with E-state index in [1.54, 1.807) is 12.5 Å². The highest BCUT2D eigenvalue weighted by molar-refractivity contribution is 5.73. The van der Waals surface area contributed by atoms with E-state index in [0.29, 0.717) is 6.54 Å². The van der Waals surface area contributed by atoms with Gasteiger partial charge in [0.05, 0.1) is 17.6 Å². The molecule has 0 aromatic carbocycles. The van der Waals surface area contributed by atoms with Crippen molar-refractivity contribution in [3.05, 3.63) is 18.2 Å². The molecule has 16 heavy (non-hydrogen) atoms. The summed E-state index contributed by atoms with van der Waals surface area (Å²) in [6.07, 6.45) is 3.18. The fourth-order valence-electron chi connectivity index (χ4n) is 1.24. The Balaban J connectivity index is 2.40. The SMILES string of the molecule is C[C@](N)(CNC[C@H](N)C(=O)O)c1cnc[nH]1. The lowest BCUT2D eigenvalue weighted by molar-refractivity contribution is -0.138. The number of rotatable bonds is 6. The molecule has 1 aromatic rings. The van der Waals surface area contributed by atoms with Crippen molar-refractivity contribution < 1.29 is 9.90 Å². The summed E-state index contributed by atoms with van der Waals surface area (Å²) < 4.78 is 0. The number of carboxylic acid groups (broad SMARTS) is 1. The zero-order valence-electron chi connectivity index (χ0n) is 9.10. The summed E-state index contributed by atoms with van der Waals surface area (Å²) in [6.45, 7) is 2.41. The van der Waals surface area contributed by atoms with Crippen LogP contribution in [0.1, 0.15) is 12.6 Å². The van der Waals surface area contributed by atoms with Crippen LogP contribution < -0.4 is 16.8 Å².